The zero-order valence-electron chi connectivity index (χ0n) is 12.1. The monoisotopic (exact) mass is 273 g/mol. The number of nitrogens with one attached hydrogen (secondary N) is 1. The Labute approximate surface area is 120 Å². The molecule has 2 rings (SSSR count). The van der Waals surface area contributed by atoms with Crippen LogP contribution in [0.4, 0.5) is 0 Å². The molecule has 2 aromatic rings. The third kappa shape index (κ3) is 3.92. The van der Waals surface area contributed by atoms with Crippen molar-refractivity contribution >= 4 is 11.3 Å². The smallest absolute Gasteiger partial charge is 0.0300 e. The Hall–Kier alpha value is -1.12. The van der Waals surface area contributed by atoms with E-state index in [1.54, 1.807) is 0 Å². The molecule has 0 radical (unpaired) electrons. The minimum atomic E-state index is 0.173. The van der Waals surface area contributed by atoms with Crippen molar-refractivity contribution in [3.05, 3.63) is 57.8 Å². The third-order valence-corrected chi connectivity index (χ3v) is 4.72. The second-order valence-electron chi connectivity index (χ2n) is 5.58. The van der Waals surface area contributed by atoms with E-state index < -0.39 is 0 Å². The SMILES string of the molecule is CCc1ccc(CNCC(C)(C)c2ccccc2)s1. The average molecular weight is 273 g/mol. The normalized spacial score (nSPS) is 11.7. The number of rotatable bonds is 6. The van der Waals surface area contributed by atoms with Crippen LogP contribution in [0.5, 0.6) is 0 Å². The summed E-state index contributed by atoms with van der Waals surface area (Å²) in [5, 5.41) is 3.59. The third-order valence-electron chi connectivity index (χ3n) is 3.49. The Bertz CT molecular complexity index is 499. The van der Waals surface area contributed by atoms with E-state index in [0.717, 1.165) is 19.5 Å². The van der Waals surface area contributed by atoms with E-state index in [1.807, 2.05) is 11.3 Å². The van der Waals surface area contributed by atoms with Gasteiger partial charge in [-0.15, -0.1) is 11.3 Å². The van der Waals surface area contributed by atoms with Crippen molar-refractivity contribution in [1.29, 1.82) is 0 Å². The van der Waals surface area contributed by atoms with Crippen LogP contribution in [0.3, 0.4) is 0 Å². The number of hydrogen-bond donors (Lipinski definition) is 1. The van der Waals surface area contributed by atoms with Gasteiger partial charge >= 0.3 is 0 Å². The minimum absolute atomic E-state index is 0.173. The molecule has 0 atom stereocenters. The average Bonchev–Trinajstić information content (AvgIpc) is 2.87. The molecule has 1 nitrogen and oxygen atoms in total. The molecule has 19 heavy (non-hydrogen) atoms. The summed E-state index contributed by atoms with van der Waals surface area (Å²) in [4.78, 5) is 2.90. The lowest BCUT2D eigenvalue weighted by Gasteiger charge is -2.25. The molecule has 0 aliphatic heterocycles. The van der Waals surface area contributed by atoms with Crippen LogP contribution in [0.1, 0.15) is 36.1 Å². The van der Waals surface area contributed by atoms with Gasteiger partial charge < -0.3 is 5.32 Å². The van der Waals surface area contributed by atoms with Crippen molar-refractivity contribution in [2.24, 2.45) is 0 Å². The number of thiophene rings is 1. The van der Waals surface area contributed by atoms with E-state index in [2.05, 4.69) is 68.6 Å². The first-order valence-electron chi connectivity index (χ1n) is 6.95. The molecule has 1 N–H and O–H groups in total. The molecule has 0 amide bonds. The van der Waals surface area contributed by atoms with E-state index in [4.69, 9.17) is 0 Å². The predicted octanol–water partition coefficient (Wildman–Crippen LogP) is 4.38. The Kier molecular flexibility index (Phi) is 4.78. The Morgan fingerprint density at radius 1 is 1.00 bits per heavy atom. The molecule has 0 aliphatic rings. The highest BCUT2D eigenvalue weighted by atomic mass is 32.1. The molecule has 0 spiro atoms. The highest BCUT2D eigenvalue weighted by molar-refractivity contribution is 7.11. The highest BCUT2D eigenvalue weighted by Crippen LogP contribution is 2.22. The van der Waals surface area contributed by atoms with E-state index >= 15 is 0 Å². The van der Waals surface area contributed by atoms with Crippen molar-refractivity contribution in [2.75, 3.05) is 6.54 Å². The summed E-state index contributed by atoms with van der Waals surface area (Å²) in [6.45, 7) is 8.77. The van der Waals surface area contributed by atoms with Crippen molar-refractivity contribution < 1.29 is 0 Å². The van der Waals surface area contributed by atoms with Crippen LogP contribution in [0.25, 0.3) is 0 Å². The first-order chi connectivity index (χ1) is 9.12. The van der Waals surface area contributed by atoms with E-state index in [0.29, 0.717) is 0 Å². The van der Waals surface area contributed by atoms with Crippen molar-refractivity contribution in [2.45, 2.75) is 39.2 Å². The molecule has 2 heteroatoms. The van der Waals surface area contributed by atoms with Gasteiger partial charge in [0, 0.05) is 28.3 Å². The maximum Gasteiger partial charge on any atom is 0.0300 e. The molecule has 0 bridgehead atoms. The molecule has 102 valence electrons. The van der Waals surface area contributed by atoms with E-state index in [9.17, 15) is 0 Å². The summed E-state index contributed by atoms with van der Waals surface area (Å²) >= 11 is 1.92. The van der Waals surface area contributed by atoms with Gasteiger partial charge in [0.05, 0.1) is 0 Å². The topological polar surface area (TPSA) is 12.0 Å². The van der Waals surface area contributed by atoms with Crippen molar-refractivity contribution in [3.63, 3.8) is 0 Å². The molecule has 0 fully saturated rings. The van der Waals surface area contributed by atoms with Crippen LogP contribution < -0.4 is 5.32 Å². The quantitative estimate of drug-likeness (QED) is 0.823. The van der Waals surface area contributed by atoms with Crippen molar-refractivity contribution in [3.8, 4) is 0 Å². The van der Waals surface area contributed by atoms with Crippen LogP contribution in [0.15, 0.2) is 42.5 Å². The van der Waals surface area contributed by atoms with Crippen LogP contribution in [-0.4, -0.2) is 6.54 Å². The van der Waals surface area contributed by atoms with Crippen LogP contribution >= 0.6 is 11.3 Å². The Morgan fingerprint density at radius 2 is 1.68 bits per heavy atom. The van der Waals surface area contributed by atoms with Crippen molar-refractivity contribution in [1.82, 2.24) is 5.32 Å². The van der Waals surface area contributed by atoms with E-state index in [-0.39, 0.29) is 5.41 Å². The lowest BCUT2D eigenvalue weighted by molar-refractivity contribution is 0.470. The molecular formula is C17H23NS. The Morgan fingerprint density at radius 3 is 2.32 bits per heavy atom. The van der Waals surface area contributed by atoms with Gasteiger partial charge in [-0.3, -0.25) is 0 Å². The number of aryl methyl sites for hydroxylation is 1. The number of hydrogen-bond acceptors (Lipinski definition) is 2. The summed E-state index contributed by atoms with van der Waals surface area (Å²) in [7, 11) is 0. The lowest BCUT2D eigenvalue weighted by atomic mass is 9.84. The second-order valence-corrected chi connectivity index (χ2v) is 6.83. The zero-order chi connectivity index (χ0) is 13.7. The van der Waals surface area contributed by atoms with Crippen LogP contribution in [-0.2, 0) is 18.4 Å². The molecule has 1 heterocycles. The molecular weight excluding hydrogens is 250 g/mol. The zero-order valence-corrected chi connectivity index (χ0v) is 12.9. The maximum atomic E-state index is 3.59. The fraction of sp³-hybridized carbons (Fsp3) is 0.412. The largest absolute Gasteiger partial charge is 0.311 e. The standard InChI is InChI=1S/C17H23NS/c1-4-15-10-11-16(19-15)12-18-13-17(2,3)14-8-6-5-7-9-14/h5-11,18H,4,12-13H2,1-3H3. The molecule has 0 unspecified atom stereocenters. The predicted molar refractivity (Wildman–Crippen MR) is 84.9 cm³/mol. The van der Waals surface area contributed by atoms with Crippen LogP contribution in [0.2, 0.25) is 0 Å². The summed E-state index contributed by atoms with van der Waals surface area (Å²) in [6, 6.07) is 15.2. The molecule has 1 aromatic carbocycles. The second kappa shape index (κ2) is 6.36. The fourth-order valence-electron chi connectivity index (χ4n) is 2.20. The van der Waals surface area contributed by atoms with Gasteiger partial charge in [0.15, 0.2) is 0 Å². The van der Waals surface area contributed by atoms with Gasteiger partial charge in [-0.25, -0.2) is 0 Å². The maximum absolute atomic E-state index is 3.59. The van der Waals surface area contributed by atoms with Gasteiger partial charge in [-0.05, 0) is 24.1 Å². The summed E-state index contributed by atoms with van der Waals surface area (Å²) in [5.41, 5.74) is 1.56. The first-order valence-corrected chi connectivity index (χ1v) is 7.77. The number of benzene rings is 1. The lowest BCUT2D eigenvalue weighted by Crippen LogP contribution is -2.32. The molecule has 1 aromatic heterocycles. The fourth-order valence-corrected chi connectivity index (χ4v) is 3.12. The molecule has 0 saturated carbocycles. The minimum Gasteiger partial charge on any atom is -0.311 e. The summed E-state index contributed by atoms with van der Waals surface area (Å²) in [6.07, 6.45) is 1.14. The van der Waals surface area contributed by atoms with Crippen LogP contribution in [0, 0.1) is 0 Å². The Balaban J connectivity index is 1.88. The molecule has 0 aliphatic carbocycles. The van der Waals surface area contributed by atoms with Gasteiger partial charge in [-0.2, -0.15) is 0 Å². The summed E-state index contributed by atoms with van der Waals surface area (Å²) in [5.74, 6) is 0. The molecule has 0 saturated heterocycles. The first kappa shape index (κ1) is 14.3. The van der Waals surface area contributed by atoms with Gasteiger partial charge in [0.2, 0.25) is 0 Å². The van der Waals surface area contributed by atoms with E-state index in [1.165, 1.54) is 15.3 Å². The summed E-state index contributed by atoms with van der Waals surface area (Å²) < 4.78 is 0. The highest BCUT2D eigenvalue weighted by Gasteiger charge is 2.19. The van der Waals surface area contributed by atoms with Gasteiger partial charge in [-0.1, -0.05) is 51.1 Å². The van der Waals surface area contributed by atoms with Gasteiger partial charge in [0.1, 0.15) is 0 Å². The van der Waals surface area contributed by atoms with Gasteiger partial charge in [0.25, 0.3) is 0 Å².